The van der Waals surface area contributed by atoms with Crippen molar-refractivity contribution in [3.8, 4) is 16.9 Å². The largest absolute Gasteiger partial charge is 0.480 e. The summed E-state index contributed by atoms with van der Waals surface area (Å²) in [6.45, 7) is 0. The molecule has 1 aromatic heterocycles. The maximum atomic E-state index is 11.6. The Morgan fingerprint density at radius 1 is 1.17 bits per heavy atom. The van der Waals surface area contributed by atoms with E-state index in [9.17, 15) is 9.90 Å². The summed E-state index contributed by atoms with van der Waals surface area (Å²) in [4.78, 5) is 11.6. The van der Waals surface area contributed by atoms with Crippen LogP contribution in [0, 0.1) is 0 Å². The van der Waals surface area contributed by atoms with Crippen molar-refractivity contribution in [1.82, 2.24) is 9.78 Å². The Kier molecular flexibility index (Phi) is 5.06. The summed E-state index contributed by atoms with van der Waals surface area (Å²) in [5.74, 6) is -0.867. The molecule has 0 aliphatic heterocycles. The van der Waals surface area contributed by atoms with Gasteiger partial charge in [0.1, 0.15) is 5.25 Å². The van der Waals surface area contributed by atoms with Gasteiger partial charge in [0, 0.05) is 21.8 Å². The smallest absolute Gasteiger partial charge is 0.321 e. The minimum Gasteiger partial charge on any atom is -0.480 e. The molecule has 0 aliphatic rings. The van der Waals surface area contributed by atoms with Crippen LogP contribution in [0.5, 0.6) is 0 Å². The molecule has 0 bridgehead atoms. The lowest BCUT2D eigenvalue weighted by Gasteiger charge is -2.09. The Balaban J connectivity index is 2.16. The first kappa shape index (κ1) is 16.8. The number of nitrogens with zero attached hydrogens (tertiary/aromatic N) is 2. The quantitative estimate of drug-likeness (QED) is 0.666. The van der Waals surface area contributed by atoms with Crippen LogP contribution in [0.4, 0.5) is 0 Å². The van der Waals surface area contributed by atoms with Crippen LogP contribution in [0.1, 0.15) is 10.8 Å². The second kappa shape index (κ2) is 7.23. The van der Waals surface area contributed by atoms with E-state index in [1.165, 1.54) is 11.8 Å². The van der Waals surface area contributed by atoms with Crippen molar-refractivity contribution in [3.05, 3.63) is 70.8 Å². The van der Waals surface area contributed by atoms with Gasteiger partial charge in [-0.3, -0.25) is 4.79 Å². The number of aliphatic carboxylic acids is 1. The zero-order valence-electron chi connectivity index (χ0n) is 12.9. The van der Waals surface area contributed by atoms with Crippen LogP contribution in [0.15, 0.2) is 65.3 Å². The molecule has 1 unspecified atom stereocenters. The molecule has 0 spiro atoms. The second-order valence-electron chi connectivity index (χ2n) is 5.17. The molecule has 0 amide bonds. The summed E-state index contributed by atoms with van der Waals surface area (Å²) >= 11 is 4.71. The summed E-state index contributed by atoms with van der Waals surface area (Å²) < 4.78 is 2.70. The van der Waals surface area contributed by atoms with E-state index in [1.807, 2.05) is 60.8 Å². The van der Waals surface area contributed by atoms with Gasteiger partial charge in [0.15, 0.2) is 0 Å². The first-order valence-electron chi connectivity index (χ1n) is 7.26. The highest BCUT2D eigenvalue weighted by molar-refractivity contribution is 9.10. The molecule has 0 aliphatic carbocycles. The Morgan fingerprint density at radius 3 is 2.42 bits per heavy atom. The van der Waals surface area contributed by atoms with Crippen LogP contribution in [0.25, 0.3) is 16.9 Å². The summed E-state index contributed by atoms with van der Waals surface area (Å²) in [5, 5.41) is 13.5. The third-order valence-electron chi connectivity index (χ3n) is 3.62. The van der Waals surface area contributed by atoms with Crippen LogP contribution in [0.3, 0.4) is 0 Å². The van der Waals surface area contributed by atoms with Crippen LogP contribution in [0.2, 0.25) is 0 Å². The first-order chi connectivity index (χ1) is 11.6. The fourth-order valence-electron chi connectivity index (χ4n) is 2.49. The molecule has 122 valence electrons. The molecule has 0 saturated heterocycles. The lowest BCUT2D eigenvalue weighted by Crippen LogP contribution is -2.07. The number of halogens is 1. The zero-order valence-corrected chi connectivity index (χ0v) is 15.3. The molecule has 1 atom stereocenters. The van der Waals surface area contributed by atoms with E-state index in [-0.39, 0.29) is 0 Å². The Morgan fingerprint density at radius 2 is 1.83 bits per heavy atom. The predicted molar refractivity (Wildman–Crippen MR) is 101 cm³/mol. The van der Waals surface area contributed by atoms with Gasteiger partial charge in [0.05, 0.1) is 11.4 Å². The highest BCUT2D eigenvalue weighted by Crippen LogP contribution is 2.35. The highest BCUT2D eigenvalue weighted by Gasteiger charge is 2.25. The van der Waals surface area contributed by atoms with Crippen LogP contribution >= 0.6 is 27.7 Å². The monoisotopic (exact) mass is 402 g/mol. The zero-order chi connectivity index (χ0) is 17.1. The fraction of sp³-hybridized carbons (Fsp3) is 0.111. The van der Waals surface area contributed by atoms with Crippen LogP contribution in [-0.4, -0.2) is 27.1 Å². The van der Waals surface area contributed by atoms with Gasteiger partial charge in [-0.2, -0.15) is 5.10 Å². The van der Waals surface area contributed by atoms with E-state index >= 15 is 0 Å². The molecule has 1 N–H and O–H groups in total. The van der Waals surface area contributed by atoms with Gasteiger partial charge < -0.3 is 5.11 Å². The summed E-state index contributed by atoms with van der Waals surface area (Å²) in [5.41, 5.74) is 3.17. The second-order valence-corrected chi connectivity index (χ2v) is 7.03. The molecule has 3 rings (SSSR count). The highest BCUT2D eigenvalue weighted by atomic mass is 79.9. The number of carbonyl (C=O) groups is 1. The normalized spacial score (nSPS) is 12.1. The summed E-state index contributed by atoms with van der Waals surface area (Å²) in [6, 6.07) is 17.4. The number of carboxylic acid groups (broad SMARTS) is 1. The van der Waals surface area contributed by atoms with Crippen molar-refractivity contribution >= 4 is 33.7 Å². The Bertz CT molecular complexity index is 847. The lowest BCUT2D eigenvalue weighted by atomic mass is 10.1. The number of aromatic nitrogens is 2. The predicted octanol–water partition coefficient (Wildman–Crippen LogP) is 4.79. The van der Waals surface area contributed by atoms with Crippen LogP contribution < -0.4 is 0 Å². The van der Waals surface area contributed by atoms with E-state index in [1.54, 1.807) is 10.9 Å². The minimum absolute atomic E-state index is 0.666. The van der Waals surface area contributed by atoms with E-state index in [0.29, 0.717) is 11.3 Å². The van der Waals surface area contributed by atoms with E-state index in [4.69, 9.17) is 0 Å². The minimum atomic E-state index is -0.867. The number of hydrogen-bond donors (Lipinski definition) is 1. The number of para-hydroxylation sites is 1. The third kappa shape index (κ3) is 3.39. The standard InChI is InChI=1S/C18H15BrN2O2S/c1-24-17(18(22)23)15-11-21(14-5-3-2-4-6-14)20-16(15)12-7-9-13(19)10-8-12/h2-11,17H,1H3,(H,22,23). The molecule has 4 nitrogen and oxygen atoms in total. The van der Waals surface area contributed by atoms with Crippen molar-refractivity contribution < 1.29 is 9.90 Å². The van der Waals surface area contributed by atoms with Gasteiger partial charge in [-0.15, -0.1) is 11.8 Å². The maximum Gasteiger partial charge on any atom is 0.321 e. The van der Waals surface area contributed by atoms with Crippen molar-refractivity contribution in [2.75, 3.05) is 6.26 Å². The molecule has 6 heteroatoms. The summed E-state index contributed by atoms with van der Waals surface area (Å²) in [7, 11) is 0. The van der Waals surface area contributed by atoms with Crippen molar-refractivity contribution in [2.45, 2.75) is 5.25 Å². The van der Waals surface area contributed by atoms with Crippen molar-refractivity contribution in [1.29, 1.82) is 0 Å². The maximum absolute atomic E-state index is 11.6. The summed E-state index contributed by atoms with van der Waals surface area (Å²) in [6.07, 6.45) is 3.60. The topological polar surface area (TPSA) is 55.1 Å². The van der Waals surface area contributed by atoms with Crippen molar-refractivity contribution in [3.63, 3.8) is 0 Å². The first-order valence-corrected chi connectivity index (χ1v) is 9.35. The molecule has 1 heterocycles. The van der Waals surface area contributed by atoms with Gasteiger partial charge >= 0.3 is 5.97 Å². The SMILES string of the molecule is CSC(C(=O)O)c1cn(-c2ccccc2)nc1-c1ccc(Br)cc1. The van der Waals surface area contributed by atoms with Gasteiger partial charge in [-0.25, -0.2) is 4.68 Å². The van der Waals surface area contributed by atoms with E-state index < -0.39 is 11.2 Å². The molecule has 3 aromatic rings. The molecule has 0 saturated carbocycles. The van der Waals surface area contributed by atoms with Gasteiger partial charge in [-0.05, 0) is 30.5 Å². The molecule has 2 aromatic carbocycles. The van der Waals surface area contributed by atoms with Gasteiger partial charge in [-0.1, -0.05) is 46.3 Å². The number of carboxylic acids is 1. The van der Waals surface area contributed by atoms with E-state index in [0.717, 1.165) is 15.7 Å². The van der Waals surface area contributed by atoms with Gasteiger partial charge in [0.25, 0.3) is 0 Å². The number of benzene rings is 2. The average molecular weight is 403 g/mol. The molecule has 0 fully saturated rings. The molecule has 24 heavy (non-hydrogen) atoms. The number of rotatable bonds is 5. The number of hydrogen-bond acceptors (Lipinski definition) is 3. The average Bonchev–Trinajstić information content (AvgIpc) is 3.02. The number of thioether (sulfide) groups is 1. The van der Waals surface area contributed by atoms with Gasteiger partial charge in [0.2, 0.25) is 0 Å². The lowest BCUT2D eigenvalue weighted by molar-refractivity contribution is -0.136. The van der Waals surface area contributed by atoms with Crippen molar-refractivity contribution in [2.24, 2.45) is 0 Å². The third-order valence-corrected chi connectivity index (χ3v) is 5.08. The molecular weight excluding hydrogens is 388 g/mol. The Labute approximate surface area is 152 Å². The Hall–Kier alpha value is -2.05. The fourth-order valence-corrected chi connectivity index (χ4v) is 3.38. The van der Waals surface area contributed by atoms with E-state index in [2.05, 4.69) is 21.0 Å². The molecular formula is C18H15BrN2O2S. The molecule has 0 radical (unpaired) electrons. The van der Waals surface area contributed by atoms with Crippen LogP contribution in [-0.2, 0) is 4.79 Å².